The molecule has 0 saturated carbocycles. The molecule has 1 N–H and O–H groups in total. The maximum absolute atomic E-state index is 12.7. The molecule has 0 aliphatic heterocycles. The summed E-state index contributed by atoms with van der Waals surface area (Å²) in [6, 6.07) is 16.3. The summed E-state index contributed by atoms with van der Waals surface area (Å²) in [5.41, 5.74) is 0.933. The van der Waals surface area contributed by atoms with Crippen LogP contribution in [-0.2, 0) is 21.4 Å². The lowest BCUT2D eigenvalue weighted by molar-refractivity contribution is -0.119. The highest BCUT2D eigenvalue weighted by molar-refractivity contribution is 8.00. The Morgan fingerprint density at radius 2 is 1.74 bits per heavy atom. The van der Waals surface area contributed by atoms with Crippen molar-refractivity contribution in [3.05, 3.63) is 60.2 Å². The second-order valence-corrected chi connectivity index (χ2v) is 9.48. The normalized spacial score (nSPS) is 12.7. The van der Waals surface area contributed by atoms with Crippen molar-refractivity contribution in [2.45, 2.75) is 42.6 Å². The summed E-state index contributed by atoms with van der Waals surface area (Å²) in [5, 5.41) is 2.91. The van der Waals surface area contributed by atoms with Crippen molar-refractivity contribution >= 4 is 27.7 Å². The number of benzene rings is 2. The molecule has 0 aliphatic rings. The first-order valence-electron chi connectivity index (χ1n) is 8.85. The molecule has 27 heavy (non-hydrogen) atoms. The fourth-order valence-corrected chi connectivity index (χ4v) is 4.25. The molecule has 2 rings (SSSR count). The number of carbonyl (C=O) groups is 1. The van der Waals surface area contributed by atoms with Crippen LogP contribution in [0.15, 0.2) is 64.4 Å². The Hall–Kier alpha value is -1.83. The van der Waals surface area contributed by atoms with E-state index in [-0.39, 0.29) is 16.8 Å². The van der Waals surface area contributed by atoms with E-state index in [1.165, 1.54) is 16.1 Å². The number of carbonyl (C=O) groups excluding carboxylic acids is 1. The maximum atomic E-state index is 12.7. The van der Waals surface area contributed by atoms with Crippen LogP contribution in [0.4, 0.5) is 0 Å². The van der Waals surface area contributed by atoms with Gasteiger partial charge in [-0.3, -0.25) is 4.79 Å². The molecule has 0 unspecified atom stereocenters. The second-order valence-electron chi connectivity index (χ2n) is 6.38. The van der Waals surface area contributed by atoms with Crippen molar-refractivity contribution in [1.29, 1.82) is 0 Å². The highest BCUT2D eigenvalue weighted by Gasteiger charge is 2.20. The molecule has 0 aromatic heterocycles. The lowest BCUT2D eigenvalue weighted by Crippen LogP contribution is -2.33. The van der Waals surface area contributed by atoms with Crippen LogP contribution in [0.1, 0.15) is 25.8 Å². The molecule has 7 heteroatoms. The van der Waals surface area contributed by atoms with Crippen molar-refractivity contribution < 1.29 is 13.2 Å². The van der Waals surface area contributed by atoms with Gasteiger partial charge in [-0.2, -0.15) is 4.31 Å². The third-order valence-corrected chi connectivity index (χ3v) is 7.00. The number of sulfonamides is 1. The van der Waals surface area contributed by atoms with Crippen LogP contribution in [-0.4, -0.2) is 37.5 Å². The van der Waals surface area contributed by atoms with E-state index in [1.54, 1.807) is 31.3 Å². The highest BCUT2D eigenvalue weighted by Crippen LogP contribution is 2.22. The molecule has 0 saturated heterocycles. The smallest absolute Gasteiger partial charge is 0.243 e. The van der Waals surface area contributed by atoms with Crippen LogP contribution in [0.2, 0.25) is 0 Å². The van der Waals surface area contributed by atoms with E-state index in [0.29, 0.717) is 12.3 Å². The summed E-state index contributed by atoms with van der Waals surface area (Å²) in [5.74, 6) is 0.290. The van der Waals surface area contributed by atoms with Gasteiger partial charge >= 0.3 is 0 Å². The van der Waals surface area contributed by atoms with Gasteiger partial charge in [-0.15, -0.1) is 11.8 Å². The molecule has 0 fully saturated rings. The topological polar surface area (TPSA) is 66.5 Å². The minimum Gasteiger partial charge on any atom is -0.353 e. The Bertz CT molecular complexity index is 837. The van der Waals surface area contributed by atoms with Crippen molar-refractivity contribution in [2.24, 2.45) is 0 Å². The maximum Gasteiger partial charge on any atom is 0.243 e. The zero-order valence-corrected chi connectivity index (χ0v) is 17.5. The first kappa shape index (κ1) is 21.5. The fraction of sp³-hybridized carbons (Fsp3) is 0.350. The molecular weight excluding hydrogens is 380 g/mol. The van der Waals surface area contributed by atoms with Gasteiger partial charge in [-0.25, -0.2) is 8.42 Å². The van der Waals surface area contributed by atoms with Crippen molar-refractivity contribution in [1.82, 2.24) is 9.62 Å². The fourth-order valence-electron chi connectivity index (χ4n) is 2.38. The third kappa shape index (κ3) is 6.37. The molecule has 2 aromatic rings. The van der Waals surface area contributed by atoms with Crippen LogP contribution in [0, 0.1) is 0 Å². The third-order valence-electron chi connectivity index (χ3n) is 4.17. The van der Waals surface area contributed by atoms with E-state index >= 15 is 0 Å². The second kappa shape index (κ2) is 9.92. The number of nitrogens with one attached hydrogen (secondary N) is 1. The Kier molecular flexibility index (Phi) is 7.89. The number of amides is 1. The Morgan fingerprint density at radius 3 is 2.33 bits per heavy atom. The minimum absolute atomic E-state index is 0.0198. The molecule has 0 heterocycles. The van der Waals surface area contributed by atoms with E-state index in [9.17, 15) is 13.2 Å². The number of hydrogen-bond acceptors (Lipinski definition) is 4. The van der Waals surface area contributed by atoms with Crippen LogP contribution in [0.3, 0.4) is 0 Å². The number of thioether (sulfide) groups is 1. The molecule has 146 valence electrons. The van der Waals surface area contributed by atoms with Crippen LogP contribution in [0.5, 0.6) is 0 Å². The average molecular weight is 407 g/mol. The summed E-state index contributed by atoms with van der Waals surface area (Å²) in [7, 11) is -1.99. The van der Waals surface area contributed by atoms with Crippen LogP contribution >= 0.6 is 11.8 Å². The molecule has 0 bridgehead atoms. The molecule has 1 amide bonds. The predicted octanol–water partition coefficient (Wildman–Crippen LogP) is 3.51. The van der Waals surface area contributed by atoms with Gasteiger partial charge in [0.05, 0.1) is 10.6 Å². The molecule has 5 nitrogen and oxygen atoms in total. The molecular formula is C20H26N2O3S2. The van der Waals surface area contributed by atoms with E-state index < -0.39 is 10.0 Å². The summed E-state index contributed by atoms with van der Waals surface area (Å²) in [4.78, 5) is 12.9. The zero-order chi connectivity index (χ0) is 19.9. The predicted molar refractivity (Wildman–Crippen MR) is 110 cm³/mol. The van der Waals surface area contributed by atoms with E-state index in [1.807, 2.05) is 44.2 Å². The van der Waals surface area contributed by atoms with Gasteiger partial charge in [-0.1, -0.05) is 37.3 Å². The molecule has 0 aliphatic carbocycles. The Labute approximate surface area is 166 Å². The van der Waals surface area contributed by atoms with Crippen LogP contribution < -0.4 is 5.32 Å². The quantitative estimate of drug-likeness (QED) is 0.647. The Morgan fingerprint density at radius 1 is 1.11 bits per heavy atom. The monoisotopic (exact) mass is 406 g/mol. The van der Waals surface area contributed by atoms with E-state index in [0.717, 1.165) is 16.9 Å². The van der Waals surface area contributed by atoms with Crippen molar-refractivity contribution in [3.8, 4) is 0 Å². The number of rotatable bonds is 9. The van der Waals surface area contributed by atoms with Gasteiger partial charge < -0.3 is 5.32 Å². The van der Waals surface area contributed by atoms with Gasteiger partial charge in [0.25, 0.3) is 0 Å². The van der Waals surface area contributed by atoms with E-state index in [2.05, 4.69) is 5.32 Å². The Balaban J connectivity index is 1.97. The summed E-state index contributed by atoms with van der Waals surface area (Å²) < 4.78 is 26.8. The van der Waals surface area contributed by atoms with Gasteiger partial charge in [0.2, 0.25) is 15.9 Å². The average Bonchev–Trinajstić information content (AvgIpc) is 2.67. The van der Waals surface area contributed by atoms with Crippen molar-refractivity contribution in [3.63, 3.8) is 0 Å². The first-order valence-corrected chi connectivity index (χ1v) is 11.3. The molecule has 2 aromatic carbocycles. The largest absolute Gasteiger partial charge is 0.353 e. The minimum atomic E-state index is -3.56. The molecule has 0 radical (unpaired) electrons. The highest BCUT2D eigenvalue weighted by atomic mass is 32.2. The molecule has 0 spiro atoms. The standard InChI is InChI=1S/C20H26N2O3S2/c1-4-16(2)21-20(23)15-26-18-10-12-19(13-11-18)27(24,25)22(3)14-17-8-6-5-7-9-17/h5-13,16H,4,14-15H2,1-3H3,(H,21,23)/t16-/m1/s1. The lowest BCUT2D eigenvalue weighted by Gasteiger charge is -2.17. The number of hydrogen-bond donors (Lipinski definition) is 1. The van der Waals surface area contributed by atoms with Gasteiger partial charge in [0, 0.05) is 24.5 Å². The SMILES string of the molecule is CC[C@@H](C)NC(=O)CSc1ccc(S(=O)(=O)N(C)Cc2ccccc2)cc1. The van der Waals surface area contributed by atoms with Gasteiger partial charge in [0.15, 0.2) is 0 Å². The summed E-state index contributed by atoms with van der Waals surface area (Å²) in [6.45, 7) is 4.30. The van der Waals surface area contributed by atoms with E-state index in [4.69, 9.17) is 0 Å². The lowest BCUT2D eigenvalue weighted by atomic mass is 10.2. The molecule has 1 atom stereocenters. The summed E-state index contributed by atoms with van der Waals surface area (Å²) in [6.07, 6.45) is 0.888. The number of nitrogens with zero attached hydrogens (tertiary/aromatic N) is 1. The van der Waals surface area contributed by atoms with Crippen LogP contribution in [0.25, 0.3) is 0 Å². The van der Waals surface area contributed by atoms with Crippen molar-refractivity contribution in [2.75, 3.05) is 12.8 Å². The van der Waals surface area contributed by atoms with Gasteiger partial charge in [-0.05, 0) is 43.2 Å². The van der Waals surface area contributed by atoms with Gasteiger partial charge in [0.1, 0.15) is 0 Å². The summed E-state index contributed by atoms with van der Waals surface area (Å²) >= 11 is 1.39. The zero-order valence-electron chi connectivity index (χ0n) is 15.9. The first-order chi connectivity index (χ1) is 12.8.